The van der Waals surface area contributed by atoms with Gasteiger partial charge in [0, 0.05) is 22.0 Å². The molecule has 22 heavy (non-hydrogen) atoms. The second-order valence-electron chi connectivity index (χ2n) is 5.13. The largest absolute Gasteiger partial charge is 0.325 e. The molecule has 1 aromatic carbocycles. The van der Waals surface area contributed by atoms with Crippen molar-refractivity contribution in [1.29, 1.82) is 0 Å². The number of nitrogens with zero attached hydrogens (tertiary/aromatic N) is 1. The lowest BCUT2D eigenvalue weighted by Crippen LogP contribution is -2.15. The highest BCUT2D eigenvalue weighted by molar-refractivity contribution is 7.14. The van der Waals surface area contributed by atoms with E-state index in [0.29, 0.717) is 6.42 Å². The molecule has 3 rings (SSSR count). The van der Waals surface area contributed by atoms with E-state index in [9.17, 15) is 4.79 Å². The minimum atomic E-state index is -0.0316. The van der Waals surface area contributed by atoms with Crippen molar-refractivity contribution in [3.63, 3.8) is 0 Å². The Kier molecular flexibility index (Phi) is 4.36. The number of carbonyl (C=O) groups excluding carboxylic acids is 1. The van der Waals surface area contributed by atoms with Crippen LogP contribution < -0.4 is 5.32 Å². The maximum Gasteiger partial charge on any atom is 0.230 e. The number of hydrogen-bond donors (Lipinski definition) is 1. The van der Waals surface area contributed by atoms with Gasteiger partial charge in [-0.3, -0.25) is 4.79 Å². The van der Waals surface area contributed by atoms with Crippen molar-refractivity contribution in [2.75, 3.05) is 5.32 Å². The number of thiazole rings is 1. The number of anilines is 1. The molecule has 112 valence electrons. The van der Waals surface area contributed by atoms with Crippen molar-refractivity contribution >= 4 is 34.3 Å². The molecule has 0 atom stereocenters. The van der Waals surface area contributed by atoms with Crippen molar-refractivity contribution in [2.45, 2.75) is 20.3 Å². The fourth-order valence-electron chi connectivity index (χ4n) is 2.15. The number of hydrogen-bond acceptors (Lipinski definition) is 4. The van der Waals surface area contributed by atoms with E-state index in [-0.39, 0.29) is 5.91 Å². The summed E-state index contributed by atoms with van der Waals surface area (Å²) < 4.78 is 0. The number of carbonyl (C=O) groups is 1. The molecule has 0 radical (unpaired) electrons. The van der Waals surface area contributed by atoms with Crippen LogP contribution in [0.2, 0.25) is 0 Å². The standard InChI is InChI=1S/C17H16N2OS2/c1-11-4-3-5-15(12(11)2)19-16(20)8-14-10-22-17(18-14)13-6-7-21-9-13/h3-7,9-10H,8H2,1-2H3,(H,19,20). The second-order valence-corrected chi connectivity index (χ2v) is 6.77. The first-order chi connectivity index (χ1) is 10.6. The third-order valence-corrected chi connectivity index (χ3v) is 5.16. The molecular weight excluding hydrogens is 312 g/mol. The first-order valence-corrected chi connectivity index (χ1v) is 8.79. The van der Waals surface area contributed by atoms with Crippen LogP contribution in [0.15, 0.2) is 40.4 Å². The molecule has 0 bridgehead atoms. The van der Waals surface area contributed by atoms with E-state index in [1.54, 1.807) is 22.7 Å². The minimum Gasteiger partial charge on any atom is -0.325 e. The van der Waals surface area contributed by atoms with E-state index < -0.39 is 0 Å². The third kappa shape index (κ3) is 3.26. The quantitative estimate of drug-likeness (QED) is 0.756. The van der Waals surface area contributed by atoms with Crippen LogP contribution in [0.1, 0.15) is 16.8 Å². The molecule has 2 heterocycles. The Hall–Kier alpha value is -1.98. The number of nitrogens with one attached hydrogen (secondary N) is 1. The summed E-state index contributed by atoms with van der Waals surface area (Å²) in [6.07, 6.45) is 0.300. The van der Waals surface area contributed by atoms with Crippen LogP contribution in [-0.4, -0.2) is 10.9 Å². The lowest BCUT2D eigenvalue weighted by molar-refractivity contribution is -0.115. The Morgan fingerprint density at radius 2 is 2.09 bits per heavy atom. The molecule has 3 nitrogen and oxygen atoms in total. The predicted octanol–water partition coefficient (Wildman–Crippen LogP) is 4.67. The van der Waals surface area contributed by atoms with Gasteiger partial charge in [0.25, 0.3) is 0 Å². The first kappa shape index (κ1) is 14.9. The fraction of sp³-hybridized carbons (Fsp3) is 0.176. The monoisotopic (exact) mass is 328 g/mol. The van der Waals surface area contributed by atoms with Crippen molar-refractivity contribution in [3.8, 4) is 10.6 Å². The summed E-state index contributed by atoms with van der Waals surface area (Å²) in [7, 11) is 0. The number of rotatable bonds is 4. The fourth-order valence-corrected chi connectivity index (χ4v) is 3.68. The summed E-state index contributed by atoms with van der Waals surface area (Å²) in [4.78, 5) is 16.7. The molecule has 0 unspecified atom stereocenters. The van der Waals surface area contributed by atoms with E-state index in [4.69, 9.17) is 0 Å². The number of aromatic nitrogens is 1. The minimum absolute atomic E-state index is 0.0316. The summed E-state index contributed by atoms with van der Waals surface area (Å²) in [5.41, 5.74) is 5.09. The molecule has 0 fully saturated rings. The highest BCUT2D eigenvalue weighted by Gasteiger charge is 2.11. The zero-order valence-electron chi connectivity index (χ0n) is 12.4. The summed E-state index contributed by atoms with van der Waals surface area (Å²) >= 11 is 3.23. The van der Waals surface area contributed by atoms with Crippen LogP contribution in [0.4, 0.5) is 5.69 Å². The van der Waals surface area contributed by atoms with Crippen LogP contribution in [0.3, 0.4) is 0 Å². The molecule has 5 heteroatoms. The average Bonchev–Trinajstić information content (AvgIpc) is 3.14. The van der Waals surface area contributed by atoms with Gasteiger partial charge in [-0.15, -0.1) is 11.3 Å². The Bertz CT molecular complexity index is 791. The second kappa shape index (κ2) is 6.42. The van der Waals surface area contributed by atoms with Gasteiger partial charge < -0.3 is 5.32 Å². The van der Waals surface area contributed by atoms with Crippen molar-refractivity contribution in [3.05, 3.63) is 57.2 Å². The molecule has 0 saturated carbocycles. The maximum atomic E-state index is 12.2. The first-order valence-electron chi connectivity index (χ1n) is 6.96. The molecule has 0 aliphatic carbocycles. The summed E-state index contributed by atoms with van der Waals surface area (Å²) in [6, 6.07) is 7.97. The molecule has 2 aromatic heterocycles. The van der Waals surface area contributed by atoms with E-state index >= 15 is 0 Å². The molecule has 3 aromatic rings. The highest BCUT2D eigenvalue weighted by Crippen LogP contribution is 2.26. The number of amides is 1. The Morgan fingerprint density at radius 3 is 2.86 bits per heavy atom. The zero-order chi connectivity index (χ0) is 15.5. The van der Waals surface area contributed by atoms with Gasteiger partial charge >= 0.3 is 0 Å². The van der Waals surface area contributed by atoms with Gasteiger partial charge in [-0.05, 0) is 42.5 Å². The number of aryl methyl sites for hydroxylation is 1. The molecule has 0 saturated heterocycles. The lowest BCUT2D eigenvalue weighted by Gasteiger charge is -2.09. The zero-order valence-corrected chi connectivity index (χ0v) is 14.1. The molecule has 0 aliphatic heterocycles. The van der Waals surface area contributed by atoms with E-state index in [1.807, 2.05) is 48.9 Å². The Balaban J connectivity index is 1.68. The van der Waals surface area contributed by atoms with Crippen molar-refractivity contribution in [1.82, 2.24) is 4.98 Å². The third-order valence-electron chi connectivity index (χ3n) is 3.54. The SMILES string of the molecule is Cc1cccc(NC(=O)Cc2csc(-c3ccsc3)n2)c1C. The van der Waals surface area contributed by atoms with Crippen LogP contribution in [0.25, 0.3) is 10.6 Å². The van der Waals surface area contributed by atoms with Gasteiger partial charge in [-0.1, -0.05) is 12.1 Å². The molecular formula is C17H16N2OS2. The normalized spacial score (nSPS) is 10.6. The van der Waals surface area contributed by atoms with Crippen LogP contribution >= 0.6 is 22.7 Å². The smallest absolute Gasteiger partial charge is 0.230 e. The molecule has 0 aliphatic rings. The van der Waals surface area contributed by atoms with Crippen molar-refractivity contribution in [2.24, 2.45) is 0 Å². The van der Waals surface area contributed by atoms with Gasteiger partial charge in [-0.25, -0.2) is 4.98 Å². The van der Waals surface area contributed by atoms with Crippen LogP contribution in [0, 0.1) is 13.8 Å². The topological polar surface area (TPSA) is 42.0 Å². The van der Waals surface area contributed by atoms with Gasteiger partial charge in [0.05, 0.1) is 12.1 Å². The van der Waals surface area contributed by atoms with Crippen LogP contribution in [-0.2, 0) is 11.2 Å². The summed E-state index contributed by atoms with van der Waals surface area (Å²) in [6.45, 7) is 4.06. The average molecular weight is 328 g/mol. The van der Waals surface area contributed by atoms with Gasteiger partial charge in [0.1, 0.15) is 5.01 Å². The Labute approximate surface area is 137 Å². The molecule has 1 N–H and O–H groups in total. The van der Waals surface area contributed by atoms with E-state index in [2.05, 4.69) is 15.7 Å². The summed E-state index contributed by atoms with van der Waals surface area (Å²) in [5.74, 6) is -0.0316. The van der Waals surface area contributed by atoms with Gasteiger partial charge in [0.2, 0.25) is 5.91 Å². The van der Waals surface area contributed by atoms with Crippen LogP contribution in [0.5, 0.6) is 0 Å². The maximum absolute atomic E-state index is 12.2. The van der Waals surface area contributed by atoms with Crippen molar-refractivity contribution < 1.29 is 4.79 Å². The Morgan fingerprint density at radius 1 is 1.23 bits per heavy atom. The number of thiophene rings is 1. The van der Waals surface area contributed by atoms with E-state index in [1.165, 1.54) is 5.56 Å². The highest BCUT2D eigenvalue weighted by atomic mass is 32.1. The van der Waals surface area contributed by atoms with Gasteiger partial charge in [-0.2, -0.15) is 11.3 Å². The molecule has 0 spiro atoms. The van der Waals surface area contributed by atoms with Gasteiger partial charge in [0.15, 0.2) is 0 Å². The summed E-state index contributed by atoms with van der Waals surface area (Å²) in [5, 5.41) is 9.99. The predicted molar refractivity (Wildman–Crippen MR) is 93.7 cm³/mol. The molecule has 1 amide bonds. The number of benzene rings is 1. The lowest BCUT2D eigenvalue weighted by atomic mass is 10.1. The van der Waals surface area contributed by atoms with E-state index in [0.717, 1.165) is 27.5 Å².